The van der Waals surface area contributed by atoms with Crippen LogP contribution in [0.2, 0.25) is 0 Å². The molecule has 0 amide bonds. The van der Waals surface area contributed by atoms with Crippen LogP contribution in [0, 0.1) is 11.3 Å². The van der Waals surface area contributed by atoms with E-state index in [9.17, 15) is 0 Å². The van der Waals surface area contributed by atoms with Gasteiger partial charge in [0.05, 0.1) is 11.5 Å². The monoisotopic (exact) mass is 790 g/mol. The molecule has 0 spiro atoms. The number of anilines is 3. The number of furan rings is 1. The van der Waals surface area contributed by atoms with Crippen molar-refractivity contribution in [2.24, 2.45) is 11.3 Å². The minimum absolute atomic E-state index is 0.0556. The highest BCUT2D eigenvalue weighted by Crippen LogP contribution is 2.64. The molecule has 1 aromatic heterocycles. The Bertz CT molecular complexity index is 3020. The maximum absolute atomic E-state index is 7.21. The third kappa shape index (κ3) is 5.29. The Morgan fingerprint density at radius 3 is 2.34 bits per heavy atom. The van der Waals surface area contributed by atoms with E-state index >= 15 is 0 Å². The fraction of sp³-hybridized carbons (Fsp3) is 0.207. The highest BCUT2D eigenvalue weighted by atomic mass is 16.3. The molecule has 61 heavy (non-hydrogen) atoms. The molecule has 1 aliphatic heterocycles. The van der Waals surface area contributed by atoms with Gasteiger partial charge in [0.15, 0.2) is 0 Å². The van der Waals surface area contributed by atoms with Crippen LogP contribution in [0.5, 0.6) is 0 Å². The summed E-state index contributed by atoms with van der Waals surface area (Å²) in [5.74, 6) is 2.59. The van der Waals surface area contributed by atoms with E-state index in [1.165, 1.54) is 78.1 Å². The number of nitrogens with zero attached hydrogens (tertiary/aromatic N) is 2. The number of hydrogen-bond donors (Lipinski definition) is 0. The second-order valence-electron chi connectivity index (χ2n) is 18.5. The summed E-state index contributed by atoms with van der Waals surface area (Å²) in [6.45, 7) is 9.83. The quantitative estimate of drug-likeness (QED) is 0.173. The number of benzene rings is 5. The molecule has 12 rings (SSSR count). The lowest BCUT2D eigenvalue weighted by Crippen LogP contribution is -2.47. The first-order chi connectivity index (χ1) is 29.8. The Hall–Kier alpha value is -6.58. The van der Waals surface area contributed by atoms with Crippen LogP contribution in [-0.2, 0) is 11.8 Å². The van der Waals surface area contributed by atoms with Crippen LogP contribution in [0.1, 0.15) is 74.8 Å². The molecule has 0 saturated heterocycles. The summed E-state index contributed by atoms with van der Waals surface area (Å²) in [6, 6.07) is 44.9. The normalized spacial score (nSPS) is 23.9. The molecule has 6 aliphatic rings. The van der Waals surface area contributed by atoms with Crippen molar-refractivity contribution in [2.75, 3.05) is 9.80 Å². The Balaban J connectivity index is 1.10. The number of para-hydroxylation sites is 1. The lowest BCUT2D eigenvalue weighted by atomic mass is 9.69. The molecule has 0 bridgehead atoms. The van der Waals surface area contributed by atoms with E-state index in [2.05, 4.69) is 214 Å². The minimum Gasteiger partial charge on any atom is -0.462 e. The zero-order chi connectivity index (χ0) is 41.0. The number of rotatable bonds is 5. The standard InChI is InChI=1S/C58H50N2O/c1-37-16-15-22-47-45-33-32-44(35-50(45)57(2,3)54(37)47)59(42-29-26-40(27-30-42)38-17-7-5-8-18-38)53-36-48-46-21-9-6-10-25-52(46)61-55(48)56-58(53,4)49-23-13-14-24-51(49)60(56)43-31-28-39-19-11-12-20-41(39)34-43/h5-15,17-24,26-31,33-37,44,56H,16,25,32H2,1-4H3/t37?,44-,56+,58?/m1/s1. The maximum Gasteiger partial charge on any atom is 0.136 e. The fourth-order valence-electron chi connectivity index (χ4n) is 12.0. The molecule has 3 heteroatoms. The van der Waals surface area contributed by atoms with Gasteiger partial charge in [-0.1, -0.05) is 160 Å². The topological polar surface area (TPSA) is 19.6 Å². The molecular formula is C58H50N2O. The second kappa shape index (κ2) is 13.5. The summed E-state index contributed by atoms with van der Waals surface area (Å²) in [4.78, 5) is 5.31. The Kier molecular flexibility index (Phi) is 8.01. The van der Waals surface area contributed by atoms with Crippen molar-refractivity contribution >= 4 is 40.0 Å². The van der Waals surface area contributed by atoms with E-state index in [0.717, 1.165) is 30.8 Å². The summed E-state index contributed by atoms with van der Waals surface area (Å²) >= 11 is 0. The molecule has 0 fully saturated rings. The first kappa shape index (κ1) is 36.3. The highest BCUT2D eigenvalue weighted by molar-refractivity contribution is 5.91. The fourth-order valence-corrected chi connectivity index (χ4v) is 12.0. The van der Waals surface area contributed by atoms with Gasteiger partial charge >= 0.3 is 0 Å². The van der Waals surface area contributed by atoms with Gasteiger partial charge in [0.2, 0.25) is 0 Å². The van der Waals surface area contributed by atoms with Gasteiger partial charge in [-0.25, -0.2) is 0 Å². The summed E-state index contributed by atoms with van der Waals surface area (Å²) in [7, 11) is 0. The van der Waals surface area contributed by atoms with Crippen LogP contribution in [0.3, 0.4) is 0 Å². The van der Waals surface area contributed by atoms with E-state index in [1.54, 1.807) is 5.57 Å². The average Bonchev–Trinajstić information content (AvgIpc) is 3.77. The zero-order valence-corrected chi connectivity index (χ0v) is 35.4. The van der Waals surface area contributed by atoms with E-state index in [4.69, 9.17) is 4.42 Å². The molecule has 2 heterocycles. The van der Waals surface area contributed by atoms with Crippen molar-refractivity contribution < 1.29 is 4.42 Å². The Labute approximate surface area is 359 Å². The van der Waals surface area contributed by atoms with Gasteiger partial charge in [-0.2, -0.15) is 0 Å². The zero-order valence-electron chi connectivity index (χ0n) is 35.4. The van der Waals surface area contributed by atoms with Gasteiger partial charge < -0.3 is 14.2 Å². The maximum atomic E-state index is 7.21. The van der Waals surface area contributed by atoms with Gasteiger partial charge in [-0.15, -0.1) is 0 Å². The molecule has 0 N–H and O–H groups in total. The molecule has 2 unspecified atom stereocenters. The third-order valence-electron chi connectivity index (χ3n) is 14.8. The predicted octanol–water partition coefficient (Wildman–Crippen LogP) is 14.8. The molecule has 5 aliphatic carbocycles. The van der Waals surface area contributed by atoms with Crippen LogP contribution >= 0.6 is 0 Å². The first-order valence-corrected chi connectivity index (χ1v) is 22.2. The van der Waals surface area contributed by atoms with E-state index in [1.807, 2.05) is 0 Å². The first-order valence-electron chi connectivity index (χ1n) is 22.2. The number of allylic oxidation sites excluding steroid dienone is 9. The van der Waals surface area contributed by atoms with Crippen LogP contribution < -0.4 is 9.80 Å². The lowest BCUT2D eigenvalue weighted by Gasteiger charge is -2.47. The van der Waals surface area contributed by atoms with Crippen molar-refractivity contribution in [3.63, 3.8) is 0 Å². The SMILES string of the molecule is CC1CC=CC2=C1C(C)(C)C1=C[C@H](N(C3=Cc4c(oc5c4C=CC=CC5)[C@@H]4N(c5ccc6ccccc6c5)c5ccccc5C34C)c3ccc(-c4ccccc4)cc3)CC=C12. The molecule has 3 nitrogen and oxygen atoms in total. The van der Waals surface area contributed by atoms with Crippen molar-refractivity contribution in [3.8, 4) is 11.1 Å². The van der Waals surface area contributed by atoms with Crippen molar-refractivity contribution in [1.29, 1.82) is 0 Å². The molecule has 0 saturated carbocycles. The third-order valence-corrected chi connectivity index (χ3v) is 14.8. The van der Waals surface area contributed by atoms with Crippen molar-refractivity contribution in [3.05, 3.63) is 220 Å². The molecule has 298 valence electrons. The summed E-state index contributed by atoms with van der Waals surface area (Å²) in [5, 5.41) is 2.48. The summed E-state index contributed by atoms with van der Waals surface area (Å²) in [5.41, 5.74) is 16.4. The average molecular weight is 791 g/mol. The van der Waals surface area contributed by atoms with Gasteiger partial charge in [-0.05, 0) is 112 Å². The molecule has 4 atom stereocenters. The van der Waals surface area contributed by atoms with Crippen molar-refractivity contribution in [1.82, 2.24) is 0 Å². The van der Waals surface area contributed by atoms with Gasteiger partial charge in [0.25, 0.3) is 0 Å². The van der Waals surface area contributed by atoms with Crippen LogP contribution in [0.4, 0.5) is 17.1 Å². The lowest BCUT2D eigenvalue weighted by molar-refractivity contribution is 0.362. The van der Waals surface area contributed by atoms with E-state index in [-0.39, 0.29) is 17.5 Å². The second-order valence-corrected chi connectivity index (χ2v) is 18.5. The van der Waals surface area contributed by atoms with Gasteiger partial charge in [-0.3, -0.25) is 0 Å². The number of fused-ring (bicyclic) bond motifs is 10. The van der Waals surface area contributed by atoms with Crippen LogP contribution in [0.15, 0.2) is 196 Å². The largest absolute Gasteiger partial charge is 0.462 e. The van der Waals surface area contributed by atoms with Crippen LogP contribution in [0.25, 0.3) is 34.1 Å². The molecular weight excluding hydrogens is 741 g/mol. The minimum atomic E-state index is -0.494. The summed E-state index contributed by atoms with van der Waals surface area (Å²) < 4.78 is 7.21. The van der Waals surface area contributed by atoms with Crippen LogP contribution in [-0.4, -0.2) is 6.04 Å². The Morgan fingerprint density at radius 2 is 1.49 bits per heavy atom. The molecule has 6 aromatic rings. The van der Waals surface area contributed by atoms with E-state index in [0.29, 0.717) is 5.92 Å². The highest BCUT2D eigenvalue weighted by Gasteiger charge is 2.58. The van der Waals surface area contributed by atoms with E-state index < -0.39 is 5.41 Å². The van der Waals surface area contributed by atoms with Gasteiger partial charge in [0, 0.05) is 45.7 Å². The molecule has 5 aromatic carbocycles. The van der Waals surface area contributed by atoms with Crippen molar-refractivity contribution in [2.45, 2.75) is 64.5 Å². The Morgan fingerprint density at radius 1 is 0.721 bits per heavy atom. The summed E-state index contributed by atoms with van der Waals surface area (Å²) in [6.07, 6.45) is 24.1. The van der Waals surface area contributed by atoms with Gasteiger partial charge in [0.1, 0.15) is 17.6 Å². The number of hydrogen-bond acceptors (Lipinski definition) is 3. The molecule has 0 radical (unpaired) electrons. The predicted molar refractivity (Wildman–Crippen MR) is 254 cm³/mol. The smallest absolute Gasteiger partial charge is 0.136 e.